The molecule has 0 atom stereocenters. The second kappa shape index (κ2) is 9.41. The molecule has 0 bridgehead atoms. The van der Waals surface area contributed by atoms with Crippen LogP contribution < -0.4 is 15.8 Å². The third-order valence-electron chi connectivity index (χ3n) is 4.28. The number of anilines is 1. The van der Waals surface area contributed by atoms with Gasteiger partial charge < -0.3 is 10.4 Å². The zero-order chi connectivity index (χ0) is 22.4. The summed E-state index contributed by atoms with van der Waals surface area (Å²) in [6, 6.07) is 16.4. The van der Waals surface area contributed by atoms with Gasteiger partial charge in [-0.1, -0.05) is 30.3 Å². The van der Waals surface area contributed by atoms with E-state index in [1.54, 1.807) is 22.9 Å². The van der Waals surface area contributed by atoms with Crippen LogP contribution in [-0.4, -0.2) is 41.8 Å². The fourth-order valence-electron chi connectivity index (χ4n) is 2.83. The molecule has 2 amide bonds. The maximum absolute atomic E-state index is 12.1. The molecule has 0 aliphatic rings. The van der Waals surface area contributed by atoms with Crippen LogP contribution in [0, 0.1) is 0 Å². The highest BCUT2D eigenvalue weighted by molar-refractivity contribution is 7.89. The van der Waals surface area contributed by atoms with E-state index in [1.165, 1.54) is 12.1 Å². The van der Waals surface area contributed by atoms with Crippen molar-refractivity contribution in [1.29, 1.82) is 0 Å². The number of carboxylic acids is 1. The summed E-state index contributed by atoms with van der Waals surface area (Å²) in [7, 11) is -3.82. The molecule has 0 unspecified atom stereocenters. The summed E-state index contributed by atoms with van der Waals surface area (Å²) in [4.78, 5) is 22.6. The monoisotopic (exact) mass is 443 g/mol. The summed E-state index contributed by atoms with van der Waals surface area (Å²) in [5, 5.41) is 23.4. The van der Waals surface area contributed by atoms with E-state index in [9.17, 15) is 18.0 Å². The molecule has 0 aliphatic carbocycles. The molecule has 31 heavy (non-hydrogen) atoms. The molecule has 0 fully saturated rings. The van der Waals surface area contributed by atoms with Gasteiger partial charge in [0.1, 0.15) is 0 Å². The van der Waals surface area contributed by atoms with Crippen LogP contribution in [-0.2, 0) is 14.8 Å². The zero-order valence-corrected chi connectivity index (χ0v) is 17.2. The molecule has 5 N–H and O–H groups in total. The van der Waals surface area contributed by atoms with Crippen LogP contribution in [0.5, 0.6) is 0 Å². The van der Waals surface area contributed by atoms with Gasteiger partial charge in [0.15, 0.2) is 5.82 Å². The number of benzene rings is 2. The van der Waals surface area contributed by atoms with Crippen molar-refractivity contribution in [2.75, 3.05) is 11.9 Å². The van der Waals surface area contributed by atoms with Crippen molar-refractivity contribution in [2.24, 2.45) is 5.14 Å². The summed E-state index contributed by atoms with van der Waals surface area (Å²) in [5.74, 6) is -0.660. The predicted octanol–water partition coefficient (Wildman–Crippen LogP) is 2.17. The number of urea groups is 1. The third-order valence-corrected chi connectivity index (χ3v) is 5.21. The number of amides is 2. The highest BCUT2D eigenvalue weighted by Crippen LogP contribution is 2.26. The molecule has 1 aromatic heterocycles. The van der Waals surface area contributed by atoms with Crippen molar-refractivity contribution in [3.8, 4) is 16.9 Å². The fraction of sp³-hybridized carbons (Fsp3) is 0.150. The number of rotatable bonds is 8. The van der Waals surface area contributed by atoms with Crippen molar-refractivity contribution in [1.82, 2.24) is 15.1 Å². The number of nitrogens with zero attached hydrogens (tertiary/aromatic N) is 2. The number of aromatic nitrogens is 2. The second-order valence-corrected chi connectivity index (χ2v) is 8.17. The average molecular weight is 443 g/mol. The second-order valence-electron chi connectivity index (χ2n) is 6.61. The first-order chi connectivity index (χ1) is 14.7. The van der Waals surface area contributed by atoms with Gasteiger partial charge in [0.2, 0.25) is 10.0 Å². The first-order valence-electron chi connectivity index (χ1n) is 9.29. The molecule has 162 valence electrons. The Morgan fingerprint density at radius 3 is 2.35 bits per heavy atom. The molecule has 3 rings (SSSR count). The van der Waals surface area contributed by atoms with Crippen molar-refractivity contribution in [3.05, 3.63) is 60.7 Å². The molecule has 11 heteroatoms. The minimum Gasteiger partial charge on any atom is -0.481 e. The van der Waals surface area contributed by atoms with E-state index in [4.69, 9.17) is 10.2 Å². The van der Waals surface area contributed by atoms with Crippen LogP contribution >= 0.6 is 0 Å². The van der Waals surface area contributed by atoms with E-state index < -0.39 is 22.0 Å². The van der Waals surface area contributed by atoms with Crippen LogP contribution in [0.3, 0.4) is 0 Å². The van der Waals surface area contributed by atoms with E-state index >= 15 is 0 Å². The Balaban J connectivity index is 1.85. The normalized spacial score (nSPS) is 11.1. The Morgan fingerprint density at radius 2 is 1.74 bits per heavy atom. The van der Waals surface area contributed by atoms with Gasteiger partial charge in [0.25, 0.3) is 0 Å². The van der Waals surface area contributed by atoms with E-state index in [-0.39, 0.29) is 23.7 Å². The number of hydrogen-bond donors (Lipinski definition) is 4. The first-order valence-corrected chi connectivity index (χ1v) is 10.8. The van der Waals surface area contributed by atoms with E-state index in [0.717, 1.165) is 5.56 Å². The third kappa shape index (κ3) is 5.90. The molecular formula is C20H21N5O5S. The molecular weight excluding hydrogens is 422 g/mol. The fourth-order valence-corrected chi connectivity index (χ4v) is 3.35. The lowest BCUT2D eigenvalue weighted by molar-refractivity contribution is -0.137. The molecule has 10 nitrogen and oxygen atoms in total. The van der Waals surface area contributed by atoms with Crippen LogP contribution in [0.1, 0.15) is 12.8 Å². The maximum Gasteiger partial charge on any atom is 0.320 e. The molecule has 3 aromatic rings. The van der Waals surface area contributed by atoms with Crippen LogP contribution in [0.25, 0.3) is 16.9 Å². The zero-order valence-electron chi connectivity index (χ0n) is 16.4. The van der Waals surface area contributed by atoms with Gasteiger partial charge in [-0.3, -0.25) is 10.1 Å². The van der Waals surface area contributed by atoms with Gasteiger partial charge in [-0.2, -0.15) is 0 Å². The Morgan fingerprint density at radius 1 is 1.06 bits per heavy atom. The SMILES string of the molecule is NS(=O)(=O)c1ccc(-n2nc(NC(=O)NCCCC(=O)O)cc2-c2ccccc2)cc1. The number of sulfonamides is 1. The van der Waals surface area contributed by atoms with Crippen LogP contribution in [0.4, 0.5) is 10.6 Å². The van der Waals surface area contributed by atoms with Crippen LogP contribution in [0.15, 0.2) is 65.6 Å². The Kier molecular flexibility index (Phi) is 6.68. The number of hydrogen-bond acceptors (Lipinski definition) is 5. The van der Waals surface area contributed by atoms with E-state index in [2.05, 4.69) is 15.7 Å². The van der Waals surface area contributed by atoms with Gasteiger partial charge in [-0.15, -0.1) is 5.10 Å². The van der Waals surface area contributed by atoms with Crippen molar-refractivity contribution in [2.45, 2.75) is 17.7 Å². The van der Waals surface area contributed by atoms with Gasteiger partial charge in [0.05, 0.1) is 16.3 Å². The van der Waals surface area contributed by atoms with E-state index in [0.29, 0.717) is 17.8 Å². The maximum atomic E-state index is 12.1. The van der Waals surface area contributed by atoms with Gasteiger partial charge in [0, 0.05) is 24.6 Å². The number of primary sulfonamides is 1. The molecule has 0 spiro atoms. The minimum absolute atomic E-state index is 0.0243. The lowest BCUT2D eigenvalue weighted by atomic mass is 10.1. The molecule has 0 saturated carbocycles. The predicted molar refractivity (Wildman–Crippen MR) is 114 cm³/mol. The van der Waals surface area contributed by atoms with Gasteiger partial charge in [-0.25, -0.2) is 23.0 Å². The highest BCUT2D eigenvalue weighted by Gasteiger charge is 2.15. The number of nitrogens with two attached hydrogens (primary N) is 1. The van der Waals surface area contributed by atoms with Crippen LogP contribution in [0.2, 0.25) is 0 Å². The molecule has 2 aromatic carbocycles. The first kappa shape index (κ1) is 22.0. The standard InChI is InChI=1S/C20H21N5O5S/c21-31(29,30)16-10-8-15(9-11-16)25-17(14-5-2-1-3-6-14)13-18(24-25)23-20(28)22-12-4-7-19(26)27/h1-3,5-6,8-11,13H,4,7,12H2,(H,26,27)(H2,21,29,30)(H2,22,23,24,28). The Hall–Kier alpha value is -3.70. The summed E-state index contributed by atoms with van der Waals surface area (Å²) >= 11 is 0. The van der Waals surface area contributed by atoms with Gasteiger partial charge >= 0.3 is 12.0 Å². The van der Waals surface area contributed by atoms with Crippen molar-refractivity contribution >= 4 is 27.8 Å². The number of carboxylic acid groups (broad SMARTS) is 1. The quantitative estimate of drug-likeness (QED) is 0.391. The average Bonchev–Trinajstić information content (AvgIpc) is 3.15. The summed E-state index contributed by atoms with van der Waals surface area (Å²) in [5.41, 5.74) is 2.08. The number of nitrogens with one attached hydrogen (secondary N) is 2. The molecule has 1 heterocycles. The van der Waals surface area contributed by atoms with Crippen molar-refractivity contribution in [3.63, 3.8) is 0 Å². The summed E-state index contributed by atoms with van der Waals surface area (Å²) in [6.07, 6.45) is 0.268. The molecule has 0 aliphatic heterocycles. The number of carbonyl (C=O) groups excluding carboxylic acids is 1. The van der Waals surface area contributed by atoms with Gasteiger partial charge in [-0.05, 0) is 30.7 Å². The minimum atomic E-state index is -3.82. The Labute approximate surface area is 178 Å². The lowest BCUT2D eigenvalue weighted by Crippen LogP contribution is -2.30. The Bertz CT molecular complexity index is 1170. The highest BCUT2D eigenvalue weighted by atomic mass is 32.2. The summed E-state index contributed by atoms with van der Waals surface area (Å²) < 4.78 is 24.6. The number of aliphatic carboxylic acids is 1. The van der Waals surface area contributed by atoms with E-state index in [1.807, 2.05) is 30.3 Å². The number of carbonyl (C=O) groups is 2. The molecule has 0 saturated heterocycles. The van der Waals surface area contributed by atoms with Crippen molar-refractivity contribution < 1.29 is 23.1 Å². The smallest absolute Gasteiger partial charge is 0.320 e. The summed E-state index contributed by atoms with van der Waals surface area (Å²) in [6.45, 7) is 0.208. The topological polar surface area (TPSA) is 156 Å². The molecule has 0 radical (unpaired) electrons. The largest absolute Gasteiger partial charge is 0.481 e. The lowest BCUT2D eigenvalue weighted by Gasteiger charge is -2.08.